The van der Waals surface area contributed by atoms with Crippen LogP contribution < -0.4 is 9.80 Å². The smallest absolute Gasteiger partial charge is 0.146 e. The highest BCUT2D eigenvalue weighted by molar-refractivity contribution is 7.14. The third kappa shape index (κ3) is 4.13. The first-order valence-corrected chi connectivity index (χ1v) is 17.6. The van der Waals surface area contributed by atoms with E-state index >= 15 is 0 Å². The van der Waals surface area contributed by atoms with E-state index in [0.717, 1.165) is 43.8 Å². The van der Waals surface area contributed by atoms with E-state index in [0.29, 0.717) is 0 Å². The third-order valence-corrected chi connectivity index (χ3v) is 11.0. The number of nitrogens with zero attached hydrogens (tertiary/aromatic N) is 4. The van der Waals surface area contributed by atoms with Crippen LogP contribution in [-0.2, 0) is 0 Å². The lowest BCUT2D eigenvalue weighted by atomic mass is 9.92. The van der Waals surface area contributed by atoms with Gasteiger partial charge in [0.2, 0.25) is 0 Å². The van der Waals surface area contributed by atoms with Gasteiger partial charge >= 0.3 is 0 Å². The van der Waals surface area contributed by atoms with Crippen molar-refractivity contribution in [3.63, 3.8) is 0 Å². The van der Waals surface area contributed by atoms with Crippen LogP contribution in [0.15, 0.2) is 157 Å². The van der Waals surface area contributed by atoms with E-state index in [9.17, 15) is 0 Å². The van der Waals surface area contributed by atoms with Crippen LogP contribution in [0.4, 0.5) is 33.0 Å². The van der Waals surface area contributed by atoms with Gasteiger partial charge in [0.25, 0.3) is 0 Å². The Hall–Kier alpha value is -5.82. The molecule has 0 unspecified atom stereocenters. The Bertz CT molecular complexity index is 2550. The first-order chi connectivity index (χ1) is 23.8. The lowest BCUT2D eigenvalue weighted by molar-refractivity contribution is 1.23. The Labute approximate surface area is 284 Å². The lowest BCUT2D eigenvalue weighted by Crippen LogP contribution is -2.12. The van der Waals surface area contributed by atoms with Crippen molar-refractivity contribution in [2.24, 2.45) is 0 Å². The van der Waals surface area contributed by atoms with Gasteiger partial charge in [-0.2, -0.15) is 0 Å². The molecule has 4 aromatic heterocycles. The summed E-state index contributed by atoms with van der Waals surface area (Å²) in [5.41, 5.74) is 2.22. The summed E-state index contributed by atoms with van der Waals surface area (Å²) >= 11 is 3.45. The van der Waals surface area contributed by atoms with Crippen molar-refractivity contribution in [2.45, 2.75) is 0 Å². The Balaban J connectivity index is 1.26. The summed E-state index contributed by atoms with van der Waals surface area (Å²) in [7, 11) is 0. The van der Waals surface area contributed by atoms with E-state index in [4.69, 9.17) is 9.97 Å². The van der Waals surface area contributed by atoms with Crippen molar-refractivity contribution in [3.05, 3.63) is 157 Å². The fraction of sp³-hybridized carbons (Fsp3) is 0. The van der Waals surface area contributed by atoms with E-state index < -0.39 is 0 Å². The molecule has 0 radical (unpaired) electrons. The van der Waals surface area contributed by atoms with Gasteiger partial charge in [0.1, 0.15) is 21.6 Å². The Morgan fingerprint density at radius 3 is 1.29 bits per heavy atom. The SMILES string of the molecule is c1csc(N(c2nccc3ccccc23)c2ccc3ccc4c(N(c5cccs5)c5nccc6ccccc56)ccc5ccc2c3c54)c1. The molecule has 0 aliphatic heterocycles. The first-order valence-electron chi connectivity index (χ1n) is 15.9. The maximum Gasteiger partial charge on any atom is 0.146 e. The van der Waals surface area contributed by atoms with Crippen molar-refractivity contribution in [1.29, 1.82) is 0 Å². The molecule has 0 atom stereocenters. The predicted molar refractivity (Wildman–Crippen MR) is 206 cm³/mol. The van der Waals surface area contributed by atoms with Crippen molar-refractivity contribution in [1.82, 2.24) is 9.97 Å². The van der Waals surface area contributed by atoms with Crippen LogP contribution >= 0.6 is 22.7 Å². The number of rotatable bonds is 6. The topological polar surface area (TPSA) is 32.3 Å². The summed E-state index contributed by atoms with van der Waals surface area (Å²) in [4.78, 5) is 14.6. The molecule has 0 saturated heterocycles. The second-order valence-electron chi connectivity index (χ2n) is 11.9. The highest BCUT2D eigenvalue weighted by Gasteiger charge is 2.24. The van der Waals surface area contributed by atoms with Gasteiger partial charge in [-0.05, 0) is 91.6 Å². The van der Waals surface area contributed by atoms with Gasteiger partial charge in [0.15, 0.2) is 0 Å². The minimum atomic E-state index is 0.928. The lowest BCUT2D eigenvalue weighted by Gasteiger charge is -2.28. The molecule has 0 saturated carbocycles. The first kappa shape index (κ1) is 27.3. The number of aromatic nitrogens is 2. The maximum atomic E-state index is 4.99. The van der Waals surface area contributed by atoms with E-state index in [1.807, 2.05) is 12.4 Å². The fourth-order valence-electron chi connectivity index (χ4n) is 7.19. The van der Waals surface area contributed by atoms with E-state index in [1.54, 1.807) is 22.7 Å². The summed E-state index contributed by atoms with van der Waals surface area (Å²) in [5, 5.41) is 18.4. The molecule has 6 heteroatoms. The number of anilines is 6. The Kier molecular flexibility index (Phi) is 6.19. The number of benzene rings is 6. The molecule has 0 amide bonds. The van der Waals surface area contributed by atoms with Crippen molar-refractivity contribution in [3.8, 4) is 0 Å². The number of hydrogen-bond donors (Lipinski definition) is 0. The normalized spacial score (nSPS) is 11.8. The second kappa shape index (κ2) is 10.9. The minimum Gasteiger partial charge on any atom is -0.285 e. The summed E-state index contributed by atoms with van der Waals surface area (Å²) in [6, 6.07) is 47.9. The predicted octanol–water partition coefficient (Wildman–Crippen LogP) is 12.7. The maximum absolute atomic E-state index is 4.99. The Morgan fingerprint density at radius 1 is 0.375 bits per heavy atom. The quantitative estimate of drug-likeness (QED) is 0.168. The van der Waals surface area contributed by atoms with E-state index in [2.05, 4.69) is 154 Å². The molecule has 0 aliphatic carbocycles. The number of hydrogen-bond acceptors (Lipinski definition) is 6. The molecule has 48 heavy (non-hydrogen) atoms. The van der Waals surface area contributed by atoms with Crippen LogP contribution in [0.5, 0.6) is 0 Å². The van der Waals surface area contributed by atoms with Crippen LogP contribution in [0.3, 0.4) is 0 Å². The van der Waals surface area contributed by atoms with Crippen LogP contribution in [-0.4, -0.2) is 9.97 Å². The standard InChI is InChI=1S/C42H26N4S2/c1-3-9-31-27(7-1)21-23-43-41(31)45(37-11-5-25-47-37)35-19-15-29-14-18-34-36(20-16-30-13-17-33(35)39(29)40(30)34)46(38-12-6-26-48-38)42-32-10-4-2-8-28(32)22-24-44-42/h1-26H. The number of pyridine rings is 2. The minimum absolute atomic E-state index is 0.928. The van der Waals surface area contributed by atoms with Crippen LogP contribution in [0.1, 0.15) is 0 Å². The fourth-order valence-corrected chi connectivity index (χ4v) is 8.68. The number of thiophene rings is 2. The second-order valence-corrected chi connectivity index (χ2v) is 13.7. The molecular formula is C42H26N4S2. The number of fused-ring (bicyclic) bond motifs is 2. The van der Waals surface area contributed by atoms with E-state index in [-0.39, 0.29) is 0 Å². The molecular weight excluding hydrogens is 625 g/mol. The average molecular weight is 651 g/mol. The van der Waals surface area contributed by atoms with Gasteiger partial charge in [0, 0.05) is 33.9 Å². The largest absolute Gasteiger partial charge is 0.285 e. The molecule has 10 rings (SSSR count). The summed E-state index contributed by atoms with van der Waals surface area (Å²) in [5.74, 6) is 1.86. The third-order valence-electron chi connectivity index (χ3n) is 9.28. The molecule has 0 aliphatic rings. The zero-order valence-corrected chi connectivity index (χ0v) is 27.2. The zero-order chi connectivity index (χ0) is 31.6. The van der Waals surface area contributed by atoms with Gasteiger partial charge in [-0.3, -0.25) is 9.80 Å². The van der Waals surface area contributed by atoms with Gasteiger partial charge in [-0.15, -0.1) is 22.7 Å². The molecule has 0 spiro atoms. The molecule has 0 N–H and O–H groups in total. The van der Waals surface area contributed by atoms with Gasteiger partial charge in [-0.1, -0.05) is 84.9 Å². The molecule has 10 aromatic rings. The summed E-state index contributed by atoms with van der Waals surface area (Å²) in [6.45, 7) is 0. The molecule has 4 nitrogen and oxygen atoms in total. The van der Waals surface area contributed by atoms with Crippen molar-refractivity contribution < 1.29 is 0 Å². The zero-order valence-electron chi connectivity index (χ0n) is 25.6. The van der Waals surface area contributed by atoms with Crippen molar-refractivity contribution in [2.75, 3.05) is 9.80 Å². The monoisotopic (exact) mass is 650 g/mol. The highest BCUT2D eigenvalue weighted by atomic mass is 32.1. The van der Waals surface area contributed by atoms with Crippen LogP contribution in [0, 0.1) is 0 Å². The Morgan fingerprint density at radius 2 is 0.833 bits per heavy atom. The van der Waals surface area contributed by atoms with Gasteiger partial charge in [-0.25, -0.2) is 9.97 Å². The average Bonchev–Trinajstić information content (AvgIpc) is 3.88. The molecule has 226 valence electrons. The highest BCUT2D eigenvalue weighted by Crippen LogP contribution is 2.49. The van der Waals surface area contributed by atoms with E-state index in [1.165, 1.54) is 43.1 Å². The van der Waals surface area contributed by atoms with Crippen LogP contribution in [0.25, 0.3) is 53.9 Å². The van der Waals surface area contributed by atoms with Gasteiger partial charge in [0.05, 0.1) is 11.4 Å². The molecule has 6 aromatic carbocycles. The van der Waals surface area contributed by atoms with Gasteiger partial charge < -0.3 is 0 Å². The summed E-state index contributed by atoms with van der Waals surface area (Å²) < 4.78 is 0. The molecule has 0 bridgehead atoms. The van der Waals surface area contributed by atoms with Crippen LogP contribution in [0.2, 0.25) is 0 Å². The van der Waals surface area contributed by atoms with Crippen molar-refractivity contribution >= 4 is 110 Å². The summed E-state index contributed by atoms with van der Waals surface area (Å²) in [6.07, 6.45) is 3.84. The molecule has 4 heterocycles. The molecule has 0 fully saturated rings.